The third-order valence-electron chi connectivity index (χ3n) is 3.17. The van der Waals surface area contributed by atoms with E-state index in [4.69, 9.17) is 14.6 Å². The van der Waals surface area contributed by atoms with Crippen molar-refractivity contribution in [3.05, 3.63) is 11.7 Å². The molecule has 5 nitrogen and oxygen atoms in total. The van der Waals surface area contributed by atoms with E-state index in [9.17, 15) is 10.2 Å². The molecule has 100 valence electrons. The second-order valence-corrected chi connectivity index (χ2v) is 7.82. The third-order valence-corrected chi connectivity index (χ3v) is 5.76. The molecule has 0 aromatic carbocycles. The lowest BCUT2D eigenvalue weighted by Crippen LogP contribution is -2.49. The zero-order chi connectivity index (χ0) is 12.9. The van der Waals surface area contributed by atoms with Gasteiger partial charge < -0.3 is 24.8 Å². The van der Waals surface area contributed by atoms with Crippen molar-refractivity contribution in [3.8, 4) is 0 Å². The summed E-state index contributed by atoms with van der Waals surface area (Å²) in [7, 11) is -1.37. The normalized spacial score (nSPS) is 26.8. The summed E-state index contributed by atoms with van der Waals surface area (Å²) in [5.74, 6) is -0.713. The van der Waals surface area contributed by atoms with Crippen molar-refractivity contribution in [1.29, 1.82) is 0 Å². The number of rotatable bonds is 5. The molecular formula is C11H22O5Si. The van der Waals surface area contributed by atoms with Crippen LogP contribution in [0, 0.1) is 0 Å². The standard InChI is InChI=1S/C11H22O5Si/c1-17(2)11(5-3-4-7-16-11)9(13)10(14)15-8-6-12/h12-14,17H,3-8H2,1-2H3. The second-order valence-electron chi connectivity index (χ2n) is 4.58. The summed E-state index contributed by atoms with van der Waals surface area (Å²) in [6.07, 6.45) is 2.67. The lowest BCUT2D eigenvalue weighted by molar-refractivity contribution is -0.0410. The Kier molecular flexibility index (Phi) is 5.29. The fourth-order valence-corrected chi connectivity index (χ4v) is 4.03. The van der Waals surface area contributed by atoms with Gasteiger partial charge in [-0.25, -0.2) is 0 Å². The highest BCUT2D eigenvalue weighted by molar-refractivity contribution is 6.60. The van der Waals surface area contributed by atoms with Gasteiger partial charge in [0.25, 0.3) is 0 Å². The summed E-state index contributed by atoms with van der Waals surface area (Å²) in [4.78, 5) is 0. The molecule has 1 aliphatic rings. The minimum atomic E-state index is -1.37. The van der Waals surface area contributed by atoms with E-state index in [1.54, 1.807) is 0 Å². The second kappa shape index (κ2) is 6.27. The van der Waals surface area contributed by atoms with Gasteiger partial charge in [-0.2, -0.15) is 0 Å². The van der Waals surface area contributed by atoms with Gasteiger partial charge in [-0.05, 0) is 19.3 Å². The summed E-state index contributed by atoms with van der Waals surface area (Å²) < 4.78 is 10.6. The van der Waals surface area contributed by atoms with Crippen LogP contribution in [0.5, 0.6) is 0 Å². The molecule has 0 bridgehead atoms. The predicted molar refractivity (Wildman–Crippen MR) is 66.7 cm³/mol. The van der Waals surface area contributed by atoms with Crippen LogP contribution < -0.4 is 0 Å². The average Bonchev–Trinajstić information content (AvgIpc) is 2.35. The van der Waals surface area contributed by atoms with Gasteiger partial charge >= 0.3 is 5.95 Å². The monoisotopic (exact) mass is 262 g/mol. The number of aliphatic hydroxyl groups excluding tert-OH is 3. The van der Waals surface area contributed by atoms with Crippen LogP contribution in [0.2, 0.25) is 13.1 Å². The minimum Gasteiger partial charge on any atom is -0.504 e. The van der Waals surface area contributed by atoms with Crippen molar-refractivity contribution in [2.24, 2.45) is 0 Å². The molecular weight excluding hydrogens is 240 g/mol. The molecule has 1 rings (SSSR count). The maximum absolute atomic E-state index is 10.1. The molecule has 6 heteroatoms. The SMILES string of the molecule is C[SiH](C)C1(C(O)=C(O)OCCO)CCCCO1. The van der Waals surface area contributed by atoms with Crippen molar-refractivity contribution in [3.63, 3.8) is 0 Å². The highest BCUT2D eigenvalue weighted by atomic mass is 28.3. The fraction of sp³-hybridized carbons (Fsp3) is 0.818. The predicted octanol–water partition coefficient (Wildman–Crippen LogP) is 1.25. The maximum Gasteiger partial charge on any atom is 0.319 e. The van der Waals surface area contributed by atoms with Crippen LogP contribution in [0.1, 0.15) is 19.3 Å². The Morgan fingerprint density at radius 3 is 2.53 bits per heavy atom. The van der Waals surface area contributed by atoms with Gasteiger partial charge in [0.2, 0.25) is 5.76 Å². The van der Waals surface area contributed by atoms with E-state index in [-0.39, 0.29) is 19.0 Å². The maximum atomic E-state index is 10.1. The van der Waals surface area contributed by atoms with E-state index in [0.717, 1.165) is 19.3 Å². The molecule has 1 fully saturated rings. The molecule has 0 spiro atoms. The lowest BCUT2D eigenvalue weighted by atomic mass is 10.1. The minimum absolute atomic E-state index is 0.0361. The van der Waals surface area contributed by atoms with E-state index in [1.165, 1.54) is 0 Å². The largest absolute Gasteiger partial charge is 0.504 e. The van der Waals surface area contributed by atoms with Gasteiger partial charge in [-0.1, -0.05) is 13.1 Å². The van der Waals surface area contributed by atoms with Crippen LogP contribution in [0.4, 0.5) is 0 Å². The van der Waals surface area contributed by atoms with Gasteiger partial charge in [-0.3, -0.25) is 0 Å². The van der Waals surface area contributed by atoms with Crippen molar-refractivity contribution in [1.82, 2.24) is 0 Å². The number of hydrogen-bond donors (Lipinski definition) is 3. The zero-order valence-electron chi connectivity index (χ0n) is 10.5. The van der Waals surface area contributed by atoms with Crippen molar-refractivity contribution in [2.45, 2.75) is 37.6 Å². The van der Waals surface area contributed by atoms with Crippen molar-refractivity contribution >= 4 is 8.80 Å². The molecule has 0 aromatic heterocycles. The summed E-state index contributed by atoms with van der Waals surface area (Å²) in [5.41, 5.74) is 0. The Morgan fingerprint density at radius 1 is 1.35 bits per heavy atom. The van der Waals surface area contributed by atoms with Crippen LogP contribution >= 0.6 is 0 Å². The molecule has 1 unspecified atom stereocenters. The molecule has 0 saturated carbocycles. The number of hydrogen-bond acceptors (Lipinski definition) is 5. The van der Waals surface area contributed by atoms with Crippen molar-refractivity contribution in [2.75, 3.05) is 19.8 Å². The molecule has 3 N–H and O–H groups in total. The van der Waals surface area contributed by atoms with Gasteiger partial charge in [-0.15, -0.1) is 0 Å². The molecule has 0 aliphatic carbocycles. The first kappa shape index (κ1) is 14.3. The molecule has 1 atom stereocenters. The molecule has 1 saturated heterocycles. The van der Waals surface area contributed by atoms with Gasteiger partial charge in [0.1, 0.15) is 11.8 Å². The molecule has 17 heavy (non-hydrogen) atoms. The highest BCUT2D eigenvalue weighted by Crippen LogP contribution is 2.34. The average molecular weight is 262 g/mol. The smallest absolute Gasteiger partial charge is 0.319 e. The number of ether oxygens (including phenoxy) is 2. The van der Waals surface area contributed by atoms with E-state index in [1.807, 2.05) is 0 Å². The van der Waals surface area contributed by atoms with E-state index in [2.05, 4.69) is 13.1 Å². The van der Waals surface area contributed by atoms with Crippen LogP contribution in [0.15, 0.2) is 11.7 Å². The van der Waals surface area contributed by atoms with Crippen molar-refractivity contribution < 1.29 is 24.8 Å². The van der Waals surface area contributed by atoms with Gasteiger partial charge in [0.15, 0.2) is 0 Å². The summed E-state index contributed by atoms with van der Waals surface area (Å²) in [6, 6.07) is 0. The summed E-state index contributed by atoms with van der Waals surface area (Å²) >= 11 is 0. The summed E-state index contributed by atoms with van der Waals surface area (Å²) in [5, 5.41) is 27.7. The Labute approximate surface area is 103 Å². The molecule has 1 heterocycles. The van der Waals surface area contributed by atoms with Gasteiger partial charge in [0, 0.05) is 6.61 Å². The van der Waals surface area contributed by atoms with E-state index >= 15 is 0 Å². The Hall–Kier alpha value is -0.723. The first-order chi connectivity index (χ1) is 8.04. The van der Waals surface area contributed by atoms with Crippen LogP contribution in [-0.4, -0.2) is 49.2 Å². The fourth-order valence-electron chi connectivity index (χ4n) is 2.12. The summed E-state index contributed by atoms with van der Waals surface area (Å²) in [6.45, 7) is 4.50. The highest BCUT2D eigenvalue weighted by Gasteiger charge is 2.44. The molecule has 0 amide bonds. The van der Waals surface area contributed by atoms with Crippen LogP contribution in [0.3, 0.4) is 0 Å². The first-order valence-corrected chi connectivity index (χ1v) is 8.93. The van der Waals surface area contributed by atoms with Crippen LogP contribution in [0.25, 0.3) is 0 Å². The Balaban J connectivity index is 2.89. The van der Waals surface area contributed by atoms with Crippen LogP contribution in [-0.2, 0) is 9.47 Å². The first-order valence-electron chi connectivity index (χ1n) is 6.05. The molecule has 0 radical (unpaired) electrons. The number of aliphatic hydroxyl groups is 3. The zero-order valence-corrected chi connectivity index (χ0v) is 11.6. The Morgan fingerprint density at radius 2 is 2.06 bits per heavy atom. The van der Waals surface area contributed by atoms with E-state index < -0.39 is 20.0 Å². The quantitative estimate of drug-likeness (QED) is 0.513. The lowest BCUT2D eigenvalue weighted by Gasteiger charge is -2.39. The van der Waals surface area contributed by atoms with Gasteiger partial charge in [0.05, 0.1) is 15.4 Å². The Bertz CT molecular complexity index is 271. The van der Waals surface area contributed by atoms with E-state index in [0.29, 0.717) is 6.61 Å². The third kappa shape index (κ3) is 3.14. The molecule has 1 aliphatic heterocycles. The topological polar surface area (TPSA) is 79.2 Å². The molecule has 0 aromatic rings.